The summed E-state index contributed by atoms with van der Waals surface area (Å²) in [5, 5.41) is 62.7. The fourth-order valence-electron chi connectivity index (χ4n) is 24.5. The van der Waals surface area contributed by atoms with Crippen LogP contribution >= 0.6 is 58.8 Å². The first kappa shape index (κ1) is 107. The predicted octanol–water partition coefficient (Wildman–Crippen LogP) is 7.97. The largest absolute Gasteiger partial charge is 0.469 e. The van der Waals surface area contributed by atoms with Gasteiger partial charge in [0.1, 0.15) is 123 Å². The molecule has 0 aromatic heterocycles. The molecule has 0 spiro atoms. The topological polar surface area (TPSA) is 487 Å². The highest BCUT2D eigenvalue weighted by molar-refractivity contribution is 8.01. The Morgan fingerprint density at radius 3 is 1.14 bits per heavy atom. The number of benzene rings is 1. The maximum Gasteiger partial charge on any atom is 0.408 e. The molecule has 33 nitrogen and oxygen atoms in total. The van der Waals surface area contributed by atoms with Crippen molar-refractivity contribution in [3.05, 3.63) is 35.6 Å². The number of halogens is 2. The quantitative estimate of drug-likeness (QED) is 0.0298. The molecule has 1 aromatic carbocycles. The van der Waals surface area contributed by atoms with E-state index in [0.717, 1.165) is 63.5 Å². The monoisotopic (exact) mass is 2000 g/mol. The first-order valence-electron chi connectivity index (χ1n) is 47.4. The van der Waals surface area contributed by atoms with Gasteiger partial charge in [0.15, 0.2) is 0 Å². The van der Waals surface area contributed by atoms with Crippen LogP contribution in [0.1, 0.15) is 196 Å². The van der Waals surface area contributed by atoms with E-state index < -0.39 is 182 Å². The second-order valence-corrected chi connectivity index (χ2v) is 47.5. The number of methoxy groups -OCH3 is 5. The average Bonchev–Trinajstić information content (AvgIpc) is 1.55. The Labute approximate surface area is 808 Å². The number of alkyl carbamates (subject to hydrolysis) is 1. The summed E-state index contributed by atoms with van der Waals surface area (Å²) in [5.41, 5.74) is -2.19. The standard InChI is InChI=1S/C22H26FNO6S.C20H32N2O6S.C20H31NO7S.C17H26O5S.C16H23FO5S/c1-11-9-12-7-8-16-22(12,28)17(21(27)30-16)18(11)31-10-15(20(26)29-2)24-19(25)13-5-3-4-6-14(13)23;1-9(2)15(21)17(23)22-12(18(24)27-4)8-29-16-10(3)7-11-5-6-13-20(11,26)14(16)19(25)28-13;1-10-8-11-6-7-13-20(11,25)14(17(23)27-13)15(10)29-9-12(16(22)26-5)21-18(24)28-19(2,3)4;1-9(15(18)21-3)6-7-23-14-10(2)8-11-4-5-12-17(11,20)13(14)16(19)22-12;1-8(13(18)21-3)7-23-12-11-14(19)22-10-5-4-9(16(10,11)20)6-15(12,2)17/h3-6,11-12,15-18,28H,7-10H2,1-2H3,(H,24,25);9-16,26H,5-8,21H2,1-4H3,(H,22,23);10-15,25H,6-9H2,1-5H3,(H,21,24);9-14,20H,4-8H2,1-3H3;8-12,20H,4-7H2,1-3H3/t11-,12+,15-,16+,17?,18+,22+;10-,11+,12-,13+,14?,15-,16+,20+;10-,11+,12-,13+,14?,15+,20+;9-,10-,11+,12+,13?,14+,17+;8-,9+,10+,11?,12-,15-,16+/m00000/s1. The molecular weight excluding hydrogens is 1860 g/mol. The molecule has 3 amide bonds. The molecule has 10 aliphatic carbocycles. The Bertz CT molecular complexity index is 4540. The summed E-state index contributed by atoms with van der Waals surface area (Å²) in [7, 11) is 6.45. The van der Waals surface area contributed by atoms with Crippen molar-refractivity contribution in [3.8, 4) is 0 Å². The van der Waals surface area contributed by atoms with E-state index in [0.29, 0.717) is 50.2 Å². The number of hydrogen-bond acceptors (Lipinski definition) is 35. The molecule has 5 heterocycles. The third-order valence-corrected chi connectivity index (χ3v) is 39.7. The van der Waals surface area contributed by atoms with Gasteiger partial charge in [-0.3, -0.25) is 43.2 Å². The predicted molar refractivity (Wildman–Crippen MR) is 494 cm³/mol. The number of hydrogen-bond donors (Lipinski definition) is 9. The van der Waals surface area contributed by atoms with Gasteiger partial charge in [-0.1, -0.05) is 67.5 Å². The first-order valence-corrected chi connectivity index (χ1v) is 52.6. The lowest BCUT2D eigenvalue weighted by Gasteiger charge is -2.47. The Kier molecular flexibility index (Phi) is 34.3. The number of carbonyl (C=O) groups excluding carboxylic acids is 13. The maximum absolute atomic E-state index is 15.3. The van der Waals surface area contributed by atoms with E-state index in [1.165, 1.54) is 114 Å². The fourth-order valence-corrected chi connectivity index (χ4v) is 32.6. The van der Waals surface area contributed by atoms with Gasteiger partial charge < -0.3 is 99.3 Å². The van der Waals surface area contributed by atoms with Gasteiger partial charge in [-0.2, -0.15) is 58.8 Å². The third kappa shape index (κ3) is 21.2. The van der Waals surface area contributed by atoms with E-state index in [4.69, 9.17) is 53.1 Å². The van der Waals surface area contributed by atoms with E-state index in [2.05, 4.69) is 41.5 Å². The summed E-state index contributed by atoms with van der Waals surface area (Å²) in [6.07, 6.45) is 9.01. The van der Waals surface area contributed by atoms with Crippen molar-refractivity contribution in [1.82, 2.24) is 16.0 Å². The van der Waals surface area contributed by atoms with Gasteiger partial charge in [-0.15, -0.1) is 0 Å². The van der Waals surface area contributed by atoms with Crippen molar-refractivity contribution in [2.45, 2.75) is 306 Å². The second-order valence-electron chi connectivity index (χ2n) is 41.4. The summed E-state index contributed by atoms with van der Waals surface area (Å²) >= 11 is 7.08. The minimum Gasteiger partial charge on any atom is -0.469 e. The van der Waals surface area contributed by atoms with Crippen LogP contribution < -0.4 is 21.7 Å². The molecule has 135 heavy (non-hydrogen) atoms. The van der Waals surface area contributed by atoms with E-state index in [1.807, 2.05) is 27.7 Å². The molecule has 10 saturated carbocycles. The number of ether oxygens (including phenoxy) is 11. The lowest BCUT2D eigenvalue weighted by atomic mass is 9.65. The molecule has 0 radical (unpaired) electrons. The summed E-state index contributed by atoms with van der Waals surface area (Å²) in [6, 6.07) is 1.95. The third-order valence-electron chi connectivity index (χ3n) is 31.4. The summed E-state index contributed by atoms with van der Waals surface area (Å²) in [5.74, 6) is -7.23. The molecule has 15 fully saturated rings. The number of aliphatic hydroxyl groups is 5. The van der Waals surface area contributed by atoms with Gasteiger partial charge in [0.2, 0.25) is 5.91 Å². The van der Waals surface area contributed by atoms with Crippen LogP contribution in [0.5, 0.6) is 0 Å². The molecule has 5 unspecified atom stereocenters. The Morgan fingerprint density at radius 1 is 0.459 bits per heavy atom. The Morgan fingerprint density at radius 2 is 0.785 bits per heavy atom. The van der Waals surface area contributed by atoms with Gasteiger partial charge in [-0.25, -0.2) is 28.0 Å². The SMILES string of the molecule is COC(=O)[C@@H](C)CCS[C@H]1C2C(=O)O[C@@H]3CC[C@H](C[C@@H]1C)[C@]23O.COC(=O)[C@@H](C)CS[C@H]1C2C(=O)O[C@@H]3CC[C@H](C[C@]1(C)F)[C@]23O.COC(=O)[C@H](CS[C@H]1C2C(=O)O[C@@H]3CC[C@H](C[C@@H]1C)[C@]23O)NC(=O)OC(C)(C)C.COC(=O)[C@H](CS[C@H]1C2C(=O)O[C@@H]3CC[C@H](C[C@@H]1C)[C@]23O)NC(=O)[C@@H](N)C(C)C.COC(=O)[C@H](CS[C@H]1C2C(=O)O[C@@H]3CC[C@H](C[C@@H]1C)[C@]23O)NC(=O)c1ccccc1F. The highest BCUT2D eigenvalue weighted by Crippen LogP contribution is 2.64. The molecule has 756 valence electrons. The number of alkyl halides is 1. The maximum atomic E-state index is 15.3. The molecule has 40 heteroatoms. The zero-order chi connectivity index (χ0) is 99.2. The highest BCUT2D eigenvalue weighted by atomic mass is 32.2. The Balaban J connectivity index is 0.000000153. The smallest absolute Gasteiger partial charge is 0.408 e. The van der Waals surface area contributed by atoms with Crippen LogP contribution in [0.4, 0.5) is 13.6 Å². The number of esters is 10. The lowest BCUT2D eigenvalue weighted by Crippen LogP contribution is -2.60. The normalized spacial score (nSPS) is 39.1. The molecule has 5 saturated heterocycles. The number of carbonyl (C=O) groups is 13. The van der Waals surface area contributed by atoms with Crippen LogP contribution in [0.3, 0.4) is 0 Å². The molecule has 5 aliphatic heterocycles. The Hall–Kier alpha value is -6.50. The van der Waals surface area contributed by atoms with Crippen molar-refractivity contribution in [3.63, 3.8) is 0 Å². The van der Waals surface area contributed by atoms with Gasteiger partial charge in [0.05, 0.1) is 64.2 Å². The molecular formula is C95H138F2N4O29S5. The molecule has 15 aliphatic rings. The van der Waals surface area contributed by atoms with Crippen LogP contribution in [0.2, 0.25) is 0 Å². The first-order chi connectivity index (χ1) is 63.4. The minimum absolute atomic E-state index is 0.0259. The minimum atomic E-state index is -1.58. The molecule has 16 rings (SSSR count). The summed E-state index contributed by atoms with van der Waals surface area (Å²) in [4.78, 5) is 159. The molecule has 10 N–H and O–H groups in total. The summed E-state index contributed by atoms with van der Waals surface area (Å²) < 4.78 is 85.7. The second kappa shape index (κ2) is 43.1. The van der Waals surface area contributed by atoms with E-state index in [-0.39, 0.29) is 145 Å². The van der Waals surface area contributed by atoms with Crippen LogP contribution in [0.25, 0.3) is 0 Å². The van der Waals surface area contributed by atoms with Gasteiger partial charge in [0, 0.05) is 44.0 Å². The fraction of sp³-hybridized carbons (Fsp3) is 0.800. The number of amides is 3. The van der Waals surface area contributed by atoms with Crippen LogP contribution in [0, 0.1) is 106 Å². The van der Waals surface area contributed by atoms with Crippen molar-refractivity contribution in [2.24, 2.45) is 106 Å². The van der Waals surface area contributed by atoms with Gasteiger partial charge in [-0.05, 0) is 207 Å². The van der Waals surface area contributed by atoms with Gasteiger partial charge >= 0.3 is 65.8 Å². The van der Waals surface area contributed by atoms with Crippen LogP contribution in [-0.2, 0) is 105 Å². The van der Waals surface area contributed by atoms with E-state index in [9.17, 15) is 92.3 Å². The lowest BCUT2D eigenvalue weighted by molar-refractivity contribution is -0.147. The average molecular weight is 2000 g/mol. The number of nitrogens with one attached hydrogen (secondary N) is 3. The van der Waals surface area contributed by atoms with Crippen molar-refractivity contribution in [2.75, 3.05) is 64.3 Å². The number of rotatable bonds is 27. The number of thioether (sulfide) groups is 5. The van der Waals surface area contributed by atoms with Crippen LogP contribution in [-0.4, -0.2) is 288 Å². The van der Waals surface area contributed by atoms with Crippen LogP contribution in [0.15, 0.2) is 24.3 Å². The van der Waals surface area contributed by atoms with Crippen molar-refractivity contribution >= 4 is 136 Å². The molecule has 36 atom stereocenters. The van der Waals surface area contributed by atoms with Crippen molar-refractivity contribution in [1.29, 1.82) is 0 Å². The molecule has 1 aromatic rings. The zero-order valence-electron chi connectivity index (χ0n) is 80.0. The highest BCUT2D eigenvalue weighted by Gasteiger charge is 2.75. The number of nitrogens with two attached hydrogens (primary N) is 1. The van der Waals surface area contributed by atoms with Crippen molar-refractivity contribution < 1.29 is 149 Å². The molecule has 0 bridgehead atoms. The van der Waals surface area contributed by atoms with E-state index in [1.54, 1.807) is 39.5 Å². The zero-order valence-corrected chi connectivity index (χ0v) is 84.0. The summed E-state index contributed by atoms with van der Waals surface area (Å²) in [6.45, 7) is 22.2. The van der Waals surface area contributed by atoms with E-state index >= 15 is 4.39 Å². The van der Waals surface area contributed by atoms with Gasteiger partial charge in [0.25, 0.3) is 5.91 Å².